The molecule has 6 nitrogen and oxygen atoms in total. The molecule has 130 valence electrons. The average molecular weight is 339 g/mol. The van der Waals surface area contributed by atoms with E-state index < -0.39 is 0 Å². The Hall–Kier alpha value is -2.63. The number of esters is 1. The van der Waals surface area contributed by atoms with E-state index in [0.29, 0.717) is 29.1 Å². The van der Waals surface area contributed by atoms with Crippen molar-refractivity contribution in [2.45, 2.75) is 44.9 Å². The Balaban J connectivity index is 1.95. The maximum atomic E-state index is 12.4. The number of nitrogens with one attached hydrogen (secondary N) is 1. The predicted molar refractivity (Wildman–Crippen MR) is 95.1 cm³/mol. The number of ether oxygens (including phenoxy) is 1. The molecule has 0 unspecified atom stereocenters. The van der Waals surface area contributed by atoms with Crippen molar-refractivity contribution in [1.82, 2.24) is 14.4 Å². The molecule has 1 aromatic carbocycles. The van der Waals surface area contributed by atoms with Crippen LogP contribution >= 0.6 is 0 Å². The molecule has 1 aliphatic rings. The van der Waals surface area contributed by atoms with E-state index in [1.54, 1.807) is 31.3 Å². The number of benzene rings is 1. The third-order valence-corrected chi connectivity index (χ3v) is 4.99. The van der Waals surface area contributed by atoms with Gasteiger partial charge in [-0.3, -0.25) is 9.20 Å². The van der Waals surface area contributed by atoms with Crippen molar-refractivity contribution >= 4 is 22.5 Å². The summed E-state index contributed by atoms with van der Waals surface area (Å²) in [6, 6.07) is 5.22. The van der Waals surface area contributed by atoms with Gasteiger partial charge >= 0.3 is 5.97 Å². The predicted octanol–water partition coefficient (Wildman–Crippen LogP) is 3.40. The second kappa shape index (κ2) is 6.35. The molecule has 1 saturated carbocycles. The van der Waals surface area contributed by atoms with E-state index in [1.165, 1.54) is 19.3 Å². The van der Waals surface area contributed by atoms with Crippen LogP contribution in [-0.2, 0) is 4.74 Å². The Kier molecular flexibility index (Phi) is 4.03. The number of carbonyl (C=O) groups is 1. The number of fused-ring (bicyclic) bond motifs is 3. The molecule has 0 radical (unpaired) electrons. The third kappa shape index (κ3) is 2.71. The van der Waals surface area contributed by atoms with E-state index in [-0.39, 0.29) is 11.5 Å². The highest BCUT2D eigenvalue weighted by Gasteiger charge is 2.22. The highest BCUT2D eigenvalue weighted by Crippen LogP contribution is 2.33. The van der Waals surface area contributed by atoms with Crippen LogP contribution in [0.2, 0.25) is 0 Å². The van der Waals surface area contributed by atoms with Crippen LogP contribution in [0.25, 0.3) is 16.6 Å². The largest absolute Gasteiger partial charge is 0.462 e. The average Bonchev–Trinajstić information content (AvgIpc) is 3.08. The fourth-order valence-electron chi connectivity index (χ4n) is 3.78. The molecule has 0 atom stereocenters. The van der Waals surface area contributed by atoms with Gasteiger partial charge in [-0.1, -0.05) is 19.3 Å². The molecule has 6 heteroatoms. The first-order valence-electron chi connectivity index (χ1n) is 8.89. The number of aromatic nitrogens is 3. The second-order valence-electron chi connectivity index (χ2n) is 6.58. The Morgan fingerprint density at radius 1 is 1.28 bits per heavy atom. The number of H-pyrrole nitrogens is 1. The Morgan fingerprint density at radius 3 is 2.84 bits per heavy atom. The van der Waals surface area contributed by atoms with Crippen molar-refractivity contribution in [3.63, 3.8) is 0 Å². The monoisotopic (exact) mass is 339 g/mol. The minimum absolute atomic E-state index is 0.161. The SMILES string of the molecule is CCOC(=O)c1ccc2[nH]c(=O)c3cnc(C4CCCCC4)n3c2c1. The summed E-state index contributed by atoms with van der Waals surface area (Å²) in [5, 5.41) is 0. The lowest BCUT2D eigenvalue weighted by Gasteiger charge is -2.21. The number of hydrogen-bond acceptors (Lipinski definition) is 4. The third-order valence-electron chi connectivity index (χ3n) is 4.99. The molecular formula is C19H21N3O3. The van der Waals surface area contributed by atoms with E-state index in [0.717, 1.165) is 24.2 Å². The lowest BCUT2D eigenvalue weighted by molar-refractivity contribution is 0.0526. The maximum Gasteiger partial charge on any atom is 0.338 e. The Morgan fingerprint density at radius 2 is 2.08 bits per heavy atom. The molecule has 0 bridgehead atoms. The molecule has 3 aromatic rings. The summed E-state index contributed by atoms with van der Waals surface area (Å²) >= 11 is 0. The molecule has 1 fully saturated rings. The molecule has 1 aliphatic carbocycles. The summed E-state index contributed by atoms with van der Waals surface area (Å²) in [7, 11) is 0. The lowest BCUT2D eigenvalue weighted by Crippen LogP contribution is -2.15. The first kappa shape index (κ1) is 15.9. The molecule has 0 aliphatic heterocycles. The number of imidazole rings is 1. The van der Waals surface area contributed by atoms with Gasteiger partial charge in [0, 0.05) is 5.92 Å². The van der Waals surface area contributed by atoms with Crippen LogP contribution in [0.15, 0.2) is 29.2 Å². The van der Waals surface area contributed by atoms with Crippen molar-refractivity contribution in [3.8, 4) is 0 Å². The van der Waals surface area contributed by atoms with E-state index in [2.05, 4.69) is 9.97 Å². The molecule has 25 heavy (non-hydrogen) atoms. The van der Waals surface area contributed by atoms with Crippen molar-refractivity contribution in [2.24, 2.45) is 0 Å². The normalized spacial score (nSPS) is 15.7. The highest BCUT2D eigenvalue weighted by molar-refractivity contribution is 5.94. The standard InChI is InChI=1S/C19H21N3O3/c1-2-25-19(24)13-8-9-14-15(10-13)22-16(18(23)21-14)11-20-17(22)12-6-4-3-5-7-12/h8-12H,2-7H2,1H3,(H,21,23). The van der Waals surface area contributed by atoms with Gasteiger partial charge in [0.2, 0.25) is 0 Å². The number of nitrogens with zero attached hydrogens (tertiary/aromatic N) is 2. The van der Waals surface area contributed by atoms with E-state index in [4.69, 9.17) is 4.74 Å². The van der Waals surface area contributed by atoms with Gasteiger partial charge in [-0.2, -0.15) is 0 Å². The smallest absolute Gasteiger partial charge is 0.338 e. The summed E-state index contributed by atoms with van der Waals surface area (Å²) in [5.41, 5.74) is 2.32. The van der Waals surface area contributed by atoms with E-state index in [9.17, 15) is 9.59 Å². The van der Waals surface area contributed by atoms with Crippen LogP contribution < -0.4 is 5.56 Å². The lowest BCUT2D eigenvalue weighted by atomic mass is 9.89. The zero-order valence-corrected chi connectivity index (χ0v) is 14.2. The van der Waals surface area contributed by atoms with Gasteiger partial charge in [0.1, 0.15) is 11.3 Å². The van der Waals surface area contributed by atoms with Crippen LogP contribution in [0, 0.1) is 0 Å². The summed E-state index contributed by atoms with van der Waals surface area (Å²) in [5.74, 6) is 0.919. The van der Waals surface area contributed by atoms with Crippen LogP contribution in [0.1, 0.15) is 61.1 Å². The fourth-order valence-corrected chi connectivity index (χ4v) is 3.78. The van der Waals surface area contributed by atoms with Crippen LogP contribution in [0.5, 0.6) is 0 Å². The molecule has 2 aromatic heterocycles. The van der Waals surface area contributed by atoms with Crippen molar-refractivity contribution in [2.75, 3.05) is 6.61 Å². The van der Waals surface area contributed by atoms with Crippen molar-refractivity contribution in [1.29, 1.82) is 0 Å². The maximum absolute atomic E-state index is 12.4. The Bertz CT molecular complexity index is 996. The topological polar surface area (TPSA) is 76.5 Å². The molecule has 1 N–H and O–H groups in total. The molecule has 0 saturated heterocycles. The molecule has 0 spiro atoms. The molecule has 4 rings (SSSR count). The van der Waals surface area contributed by atoms with Gasteiger partial charge in [-0.25, -0.2) is 9.78 Å². The zero-order chi connectivity index (χ0) is 17.4. The number of carbonyl (C=O) groups excluding carboxylic acids is 1. The molecule has 2 heterocycles. The second-order valence-corrected chi connectivity index (χ2v) is 6.58. The Labute approximate surface area is 144 Å². The zero-order valence-electron chi connectivity index (χ0n) is 14.2. The number of aromatic amines is 1. The molecular weight excluding hydrogens is 318 g/mol. The van der Waals surface area contributed by atoms with Gasteiger partial charge in [-0.15, -0.1) is 0 Å². The summed E-state index contributed by atoms with van der Waals surface area (Å²) in [4.78, 5) is 31.9. The highest BCUT2D eigenvalue weighted by atomic mass is 16.5. The van der Waals surface area contributed by atoms with Gasteiger partial charge in [-0.05, 0) is 38.0 Å². The van der Waals surface area contributed by atoms with Gasteiger partial charge in [0.05, 0.1) is 29.4 Å². The first-order valence-corrected chi connectivity index (χ1v) is 8.89. The van der Waals surface area contributed by atoms with Crippen molar-refractivity contribution in [3.05, 3.63) is 46.1 Å². The van der Waals surface area contributed by atoms with Crippen LogP contribution in [-0.4, -0.2) is 26.9 Å². The van der Waals surface area contributed by atoms with Gasteiger partial charge in [0.25, 0.3) is 5.56 Å². The summed E-state index contributed by atoms with van der Waals surface area (Å²) in [6.45, 7) is 2.11. The van der Waals surface area contributed by atoms with Crippen LogP contribution in [0.4, 0.5) is 0 Å². The minimum atomic E-state index is -0.358. The van der Waals surface area contributed by atoms with E-state index >= 15 is 0 Å². The molecule has 0 amide bonds. The fraction of sp³-hybridized carbons (Fsp3) is 0.421. The number of hydrogen-bond donors (Lipinski definition) is 1. The summed E-state index contributed by atoms with van der Waals surface area (Å²) in [6.07, 6.45) is 7.45. The van der Waals surface area contributed by atoms with Crippen molar-refractivity contribution < 1.29 is 9.53 Å². The summed E-state index contributed by atoms with van der Waals surface area (Å²) < 4.78 is 7.03. The first-order chi connectivity index (χ1) is 12.2. The van der Waals surface area contributed by atoms with Gasteiger partial charge in [0.15, 0.2) is 0 Å². The minimum Gasteiger partial charge on any atom is -0.462 e. The quantitative estimate of drug-likeness (QED) is 0.742. The van der Waals surface area contributed by atoms with E-state index in [1.807, 2.05) is 4.40 Å². The van der Waals surface area contributed by atoms with Crippen LogP contribution in [0.3, 0.4) is 0 Å². The van der Waals surface area contributed by atoms with Gasteiger partial charge < -0.3 is 9.72 Å². The number of rotatable bonds is 3.